The summed E-state index contributed by atoms with van der Waals surface area (Å²) >= 11 is 0. The van der Waals surface area contributed by atoms with Crippen molar-refractivity contribution in [2.24, 2.45) is 0 Å². The third-order valence-corrected chi connectivity index (χ3v) is 1.64. The Bertz CT molecular complexity index is 308. The van der Waals surface area contributed by atoms with Crippen molar-refractivity contribution in [3.63, 3.8) is 0 Å². The van der Waals surface area contributed by atoms with Crippen LogP contribution in [0.5, 0.6) is 5.75 Å². The predicted molar refractivity (Wildman–Crippen MR) is 46.9 cm³/mol. The lowest BCUT2D eigenvalue weighted by atomic mass is 10.0. The molecule has 0 unspecified atom stereocenters. The van der Waals surface area contributed by atoms with Crippen LogP contribution in [0.25, 0.3) is 0 Å². The molecule has 1 rings (SSSR count). The van der Waals surface area contributed by atoms with Gasteiger partial charge in [0.2, 0.25) is 0 Å². The maximum atomic E-state index is 9.61. The Kier molecular flexibility index (Phi) is 1.51. The highest BCUT2D eigenvalue weighted by Gasteiger charge is 2.03. The van der Waals surface area contributed by atoms with Crippen molar-refractivity contribution in [2.75, 3.05) is 0 Å². The van der Waals surface area contributed by atoms with Crippen LogP contribution < -0.4 is 0 Å². The van der Waals surface area contributed by atoms with Gasteiger partial charge in [-0.25, -0.2) is 0 Å². The number of benzene rings is 1. The Morgan fingerprint density at radius 3 is 2.82 bits per heavy atom. The molecule has 1 nitrogen and oxygen atoms in total. The van der Waals surface area contributed by atoms with Gasteiger partial charge in [-0.05, 0) is 30.0 Å². The quantitative estimate of drug-likeness (QED) is 0.656. The Labute approximate surface area is 70.5 Å². The van der Waals surface area contributed by atoms with Crippen LogP contribution in [0.3, 0.4) is 0 Å². The second-order valence-corrected chi connectivity index (χ2v) is 2.94. The molecule has 0 amide bonds. The molecule has 0 heterocycles. The Morgan fingerprint density at radius 2 is 2.27 bits per heavy atom. The first-order valence-corrected chi connectivity index (χ1v) is 3.68. The number of hydrogen-bond acceptors (Lipinski definition) is 1. The highest BCUT2D eigenvalue weighted by molar-refractivity contribution is 5.37. The molecule has 0 fully saturated rings. The predicted octanol–water partition coefficient (Wildman–Crippen LogP) is 2.82. The molecule has 0 aliphatic heterocycles. The van der Waals surface area contributed by atoms with Gasteiger partial charge in [0, 0.05) is 1.37 Å². The van der Waals surface area contributed by atoms with E-state index in [0.29, 0.717) is 5.56 Å². The van der Waals surface area contributed by atoms with Crippen molar-refractivity contribution < 1.29 is 7.85 Å². The third kappa shape index (κ3) is 1.73. The van der Waals surface area contributed by atoms with Crippen LogP contribution in [0.1, 0.15) is 33.6 Å². The Morgan fingerprint density at radius 1 is 1.55 bits per heavy atom. The summed E-state index contributed by atoms with van der Waals surface area (Å²) in [5.74, 6) is 0.239. The number of phenolic OH excluding ortho intramolecular Hbond substituents is 1. The first kappa shape index (κ1) is 5.64. The van der Waals surface area contributed by atoms with Crippen molar-refractivity contribution in [3.8, 4) is 5.75 Å². The lowest BCUT2D eigenvalue weighted by Gasteiger charge is -2.07. The fourth-order valence-electron chi connectivity index (χ4n) is 1.00. The van der Waals surface area contributed by atoms with Gasteiger partial charge in [-0.1, -0.05) is 26.0 Å². The average molecular weight is 152 g/mol. The molecular formula is C10H14O. The monoisotopic (exact) mass is 152 g/mol. The second kappa shape index (κ2) is 2.95. The summed E-state index contributed by atoms with van der Waals surface area (Å²) in [5, 5.41) is 9.61. The number of hydrogen-bond donors (Lipinski definition) is 1. The minimum absolute atomic E-state index is 0.0275. The van der Waals surface area contributed by atoms with Gasteiger partial charge in [0.15, 0.2) is 0 Å². The van der Waals surface area contributed by atoms with Crippen LogP contribution in [0.4, 0.5) is 0 Å². The first-order chi connectivity index (χ1) is 6.07. The fraction of sp³-hybridized carbons (Fsp3) is 0.400. The summed E-state index contributed by atoms with van der Waals surface area (Å²) in [6.45, 7) is 3.98. The third-order valence-electron chi connectivity index (χ3n) is 1.64. The maximum absolute atomic E-state index is 9.61. The van der Waals surface area contributed by atoms with Crippen LogP contribution in [0.2, 0.25) is 0 Å². The minimum atomic E-state index is 0.0275. The molecule has 0 bridgehead atoms. The van der Waals surface area contributed by atoms with Crippen molar-refractivity contribution in [1.82, 2.24) is 0 Å². The minimum Gasteiger partial charge on any atom is -0.508 e. The van der Waals surface area contributed by atoms with E-state index in [1.54, 1.807) is 12.1 Å². The van der Waals surface area contributed by atoms with E-state index in [1.165, 1.54) is 0 Å². The van der Waals surface area contributed by atoms with Crippen molar-refractivity contribution in [2.45, 2.75) is 26.7 Å². The van der Waals surface area contributed by atoms with Crippen LogP contribution in [0.15, 0.2) is 18.2 Å². The molecule has 0 radical (unpaired) electrons. The topological polar surface area (TPSA) is 20.2 Å². The summed E-state index contributed by atoms with van der Waals surface area (Å²) in [5.41, 5.74) is 1.35. The van der Waals surface area contributed by atoms with Gasteiger partial charge in [0.25, 0.3) is 0 Å². The normalized spacial score (nSPS) is 13.0. The van der Waals surface area contributed by atoms with E-state index >= 15 is 0 Å². The van der Waals surface area contributed by atoms with Crippen molar-refractivity contribution >= 4 is 0 Å². The first-order valence-electron chi connectivity index (χ1n) is 4.89. The molecule has 60 valence electrons. The van der Waals surface area contributed by atoms with E-state index in [-0.39, 0.29) is 24.6 Å². The molecule has 0 aliphatic carbocycles. The molecule has 11 heavy (non-hydrogen) atoms. The van der Waals surface area contributed by atoms with Gasteiger partial charge in [-0.15, -0.1) is 0 Å². The molecule has 1 heteroatoms. The number of aryl methyl sites for hydroxylation is 1. The second-order valence-electron chi connectivity index (χ2n) is 2.94. The maximum Gasteiger partial charge on any atom is 0.119 e. The molecule has 1 N–H and O–H groups in total. The fourth-order valence-corrected chi connectivity index (χ4v) is 1.00. The largest absolute Gasteiger partial charge is 0.508 e. The summed E-state index contributed by atoms with van der Waals surface area (Å²) in [4.78, 5) is 0. The van der Waals surface area contributed by atoms with E-state index in [4.69, 9.17) is 2.74 Å². The van der Waals surface area contributed by atoms with Gasteiger partial charge >= 0.3 is 0 Å². The lowest BCUT2D eigenvalue weighted by Crippen LogP contribution is -1.87. The average Bonchev–Trinajstić information content (AvgIpc) is 2.09. The van der Waals surface area contributed by atoms with E-state index in [2.05, 4.69) is 0 Å². The van der Waals surface area contributed by atoms with Crippen molar-refractivity contribution in [1.29, 1.82) is 0 Å². The zero-order valence-corrected chi connectivity index (χ0v) is 6.89. The smallest absolute Gasteiger partial charge is 0.119 e. The van der Waals surface area contributed by atoms with Gasteiger partial charge in [-0.3, -0.25) is 0 Å². The molecular weight excluding hydrogens is 136 g/mol. The van der Waals surface area contributed by atoms with Crippen LogP contribution in [0, 0.1) is 6.90 Å². The van der Waals surface area contributed by atoms with E-state index in [1.807, 2.05) is 13.8 Å². The summed E-state index contributed by atoms with van der Waals surface area (Å²) in [6, 6.07) is 3.63. The Balaban J connectivity index is 3.23. The molecule has 0 saturated heterocycles. The molecule has 0 saturated carbocycles. The number of phenols is 1. The molecule has 1 aromatic carbocycles. The summed E-state index contributed by atoms with van der Waals surface area (Å²) in [7, 11) is 0. The van der Waals surface area contributed by atoms with Gasteiger partial charge in [-0.2, -0.15) is 0 Å². The highest BCUT2D eigenvalue weighted by atomic mass is 16.3. The van der Waals surface area contributed by atoms with Gasteiger partial charge in [0.1, 0.15) is 5.75 Å². The number of rotatable bonds is 1. The molecule has 0 spiro atoms. The van der Waals surface area contributed by atoms with E-state index in [0.717, 1.165) is 5.56 Å². The summed E-state index contributed by atoms with van der Waals surface area (Å²) < 4.78 is 14.7. The van der Waals surface area contributed by atoms with E-state index < -0.39 is 0 Å². The SMILES string of the molecule is [2H]Cc1ccc(C(C)C)c(O)c1[2H]. The molecule has 0 atom stereocenters. The number of aromatic hydroxyl groups is 1. The van der Waals surface area contributed by atoms with E-state index in [9.17, 15) is 5.11 Å². The summed E-state index contributed by atoms with van der Waals surface area (Å²) in [6.07, 6.45) is 0. The molecule has 0 aromatic heterocycles. The highest BCUT2D eigenvalue weighted by Crippen LogP contribution is 2.25. The zero-order valence-electron chi connectivity index (χ0n) is 8.89. The zero-order chi connectivity index (χ0) is 10.0. The van der Waals surface area contributed by atoms with Crippen molar-refractivity contribution in [3.05, 3.63) is 29.3 Å². The van der Waals surface area contributed by atoms with Crippen LogP contribution in [-0.4, -0.2) is 5.11 Å². The standard InChI is InChI=1S/C10H14O/c1-7(2)9-5-4-8(3)6-10(9)11/h4-7,11H,1-3H3/i3D,6D. The lowest BCUT2D eigenvalue weighted by molar-refractivity contribution is 0.464. The molecule has 1 aromatic rings. The van der Waals surface area contributed by atoms with Gasteiger partial charge < -0.3 is 5.11 Å². The van der Waals surface area contributed by atoms with Crippen LogP contribution >= 0.6 is 0 Å². The Hall–Kier alpha value is -0.980. The molecule has 0 aliphatic rings. The van der Waals surface area contributed by atoms with Crippen LogP contribution in [-0.2, 0) is 0 Å². The van der Waals surface area contributed by atoms with Gasteiger partial charge in [0.05, 0.1) is 1.37 Å².